The van der Waals surface area contributed by atoms with Gasteiger partial charge in [0.05, 0.1) is 12.2 Å². The molecule has 1 saturated heterocycles. The van der Waals surface area contributed by atoms with Crippen molar-refractivity contribution in [2.75, 3.05) is 26.2 Å². The lowest BCUT2D eigenvalue weighted by Gasteiger charge is -2.32. The Morgan fingerprint density at radius 3 is 2.44 bits per heavy atom. The predicted octanol–water partition coefficient (Wildman–Crippen LogP) is 2.58. The zero-order valence-electron chi connectivity index (χ0n) is 16.4. The molecule has 0 unspecified atom stereocenters. The number of hydrogen-bond acceptors (Lipinski definition) is 3. The van der Waals surface area contributed by atoms with Crippen molar-refractivity contribution in [2.45, 2.75) is 59.5 Å². The summed E-state index contributed by atoms with van der Waals surface area (Å²) >= 11 is 0. The number of halogens is 1. The number of aromatic nitrogens is 2. The molecule has 25 heavy (non-hydrogen) atoms. The van der Waals surface area contributed by atoms with Crippen LogP contribution in [0.3, 0.4) is 0 Å². The smallest absolute Gasteiger partial charge is 0.191 e. The highest BCUT2D eigenvalue weighted by molar-refractivity contribution is 14.0. The van der Waals surface area contributed by atoms with Gasteiger partial charge in [0.1, 0.15) is 0 Å². The van der Waals surface area contributed by atoms with Crippen LogP contribution in [0.2, 0.25) is 0 Å². The van der Waals surface area contributed by atoms with Crippen molar-refractivity contribution in [2.24, 2.45) is 12.0 Å². The van der Waals surface area contributed by atoms with E-state index >= 15 is 0 Å². The number of aliphatic imine (C=N–C) groups is 1. The average Bonchev–Trinajstić information content (AvgIpc) is 2.80. The van der Waals surface area contributed by atoms with Gasteiger partial charge in [0, 0.05) is 44.0 Å². The molecule has 0 spiro atoms. The molecule has 2 N–H and O–H groups in total. The van der Waals surface area contributed by atoms with Crippen LogP contribution in [0.15, 0.2) is 4.99 Å². The lowest BCUT2D eigenvalue weighted by molar-refractivity contribution is 0.206. The minimum Gasteiger partial charge on any atom is -0.357 e. The molecule has 1 fully saturated rings. The highest BCUT2D eigenvalue weighted by Gasteiger charge is 2.19. The van der Waals surface area contributed by atoms with Crippen LogP contribution >= 0.6 is 24.0 Å². The molecule has 2 heterocycles. The largest absolute Gasteiger partial charge is 0.357 e. The first-order valence-corrected chi connectivity index (χ1v) is 9.31. The molecule has 6 nitrogen and oxygen atoms in total. The number of rotatable bonds is 6. The zero-order chi connectivity index (χ0) is 17.5. The van der Waals surface area contributed by atoms with Gasteiger partial charge in [-0.3, -0.25) is 4.68 Å². The Bertz CT molecular complexity index is 546. The molecule has 1 aromatic rings. The second-order valence-electron chi connectivity index (χ2n) is 6.73. The number of likely N-dealkylation sites (tertiary alicyclic amines) is 1. The van der Waals surface area contributed by atoms with E-state index in [0.717, 1.165) is 18.2 Å². The summed E-state index contributed by atoms with van der Waals surface area (Å²) in [4.78, 5) is 7.36. The summed E-state index contributed by atoms with van der Waals surface area (Å²) in [6.45, 7) is 13.7. The fourth-order valence-corrected chi connectivity index (χ4v) is 3.33. The summed E-state index contributed by atoms with van der Waals surface area (Å²) < 4.78 is 1.93. The Morgan fingerprint density at radius 1 is 1.24 bits per heavy atom. The lowest BCUT2D eigenvalue weighted by atomic mass is 10.1. The SMILES string of the molecule is CCCN1CCC(NC(=NCc2c(C)nn(C)c2C)NCC)CC1.I. The fourth-order valence-electron chi connectivity index (χ4n) is 3.33. The molecule has 0 aliphatic carbocycles. The highest BCUT2D eigenvalue weighted by atomic mass is 127. The van der Waals surface area contributed by atoms with Crippen LogP contribution in [0.4, 0.5) is 0 Å². The van der Waals surface area contributed by atoms with E-state index in [0.29, 0.717) is 12.6 Å². The van der Waals surface area contributed by atoms with Crippen molar-refractivity contribution in [3.63, 3.8) is 0 Å². The van der Waals surface area contributed by atoms with E-state index in [1.165, 1.54) is 50.2 Å². The fraction of sp³-hybridized carbons (Fsp3) is 0.778. The first-order valence-electron chi connectivity index (χ1n) is 9.31. The Balaban J connectivity index is 0.00000312. The van der Waals surface area contributed by atoms with Gasteiger partial charge in [-0.25, -0.2) is 4.99 Å². The quantitative estimate of drug-likeness (QED) is 0.388. The van der Waals surface area contributed by atoms with E-state index in [2.05, 4.69) is 48.3 Å². The van der Waals surface area contributed by atoms with Crippen molar-refractivity contribution < 1.29 is 0 Å². The molecule has 0 saturated carbocycles. The minimum absolute atomic E-state index is 0. The summed E-state index contributed by atoms with van der Waals surface area (Å²) in [7, 11) is 1.99. The van der Waals surface area contributed by atoms with Crippen molar-refractivity contribution in [1.82, 2.24) is 25.3 Å². The molecule has 0 amide bonds. The van der Waals surface area contributed by atoms with Crippen LogP contribution in [-0.4, -0.2) is 52.9 Å². The third kappa shape index (κ3) is 6.44. The van der Waals surface area contributed by atoms with Crippen LogP contribution in [0.1, 0.15) is 50.1 Å². The third-order valence-electron chi connectivity index (χ3n) is 4.87. The Hall–Kier alpha value is -0.830. The molecular formula is C18H35IN6. The summed E-state index contributed by atoms with van der Waals surface area (Å²) in [6, 6.07) is 0.520. The van der Waals surface area contributed by atoms with Gasteiger partial charge in [-0.1, -0.05) is 6.92 Å². The monoisotopic (exact) mass is 462 g/mol. The molecule has 0 bridgehead atoms. The van der Waals surface area contributed by atoms with E-state index < -0.39 is 0 Å². The zero-order valence-corrected chi connectivity index (χ0v) is 18.8. The van der Waals surface area contributed by atoms with Crippen molar-refractivity contribution in [1.29, 1.82) is 0 Å². The summed E-state index contributed by atoms with van der Waals surface area (Å²) in [6.07, 6.45) is 3.62. The maximum absolute atomic E-state index is 4.80. The lowest BCUT2D eigenvalue weighted by Crippen LogP contribution is -2.48. The van der Waals surface area contributed by atoms with Crippen LogP contribution in [0, 0.1) is 13.8 Å². The Labute approximate surface area is 169 Å². The van der Waals surface area contributed by atoms with Crippen LogP contribution in [0.5, 0.6) is 0 Å². The van der Waals surface area contributed by atoms with Crippen molar-refractivity contribution >= 4 is 29.9 Å². The molecule has 1 aromatic heterocycles. The van der Waals surface area contributed by atoms with Gasteiger partial charge in [-0.15, -0.1) is 24.0 Å². The number of aryl methyl sites for hydroxylation is 2. The van der Waals surface area contributed by atoms with Gasteiger partial charge in [0.15, 0.2) is 5.96 Å². The Morgan fingerprint density at radius 2 is 1.92 bits per heavy atom. The molecule has 0 radical (unpaired) electrons. The van der Waals surface area contributed by atoms with Gasteiger partial charge in [-0.05, 0) is 46.6 Å². The second-order valence-corrected chi connectivity index (χ2v) is 6.73. The third-order valence-corrected chi connectivity index (χ3v) is 4.87. The molecule has 1 aliphatic rings. The van der Waals surface area contributed by atoms with Gasteiger partial charge in [-0.2, -0.15) is 5.10 Å². The van der Waals surface area contributed by atoms with E-state index in [1.54, 1.807) is 0 Å². The molecule has 144 valence electrons. The van der Waals surface area contributed by atoms with Crippen molar-refractivity contribution in [3.05, 3.63) is 17.0 Å². The molecule has 7 heteroatoms. The second kappa shape index (κ2) is 11.0. The number of nitrogens with zero attached hydrogens (tertiary/aromatic N) is 4. The topological polar surface area (TPSA) is 57.5 Å². The standard InChI is InChI=1S/C18H34N6.HI/c1-6-10-24-11-8-16(9-12-24)21-18(19-7-2)20-13-17-14(3)22-23(5)15(17)4;/h16H,6-13H2,1-5H3,(H2,19,20,21);1H. The van der Waals surface area contributed by atoms with Crippen molar-refractivity contribution in [3.8, 4) is 0 Å². The summed E-state index contributed by atoms with van der Waals surface area (Å²) in [5, 5.41) is 11.5. The summed E-state index contributed by atoms with van der Waals surface area (Å²) in [5.74, 6) is 0.925. The van der Waals surface area contributed by atoms with E-state index in [-0.39, 0.29) is 24.0 Å². The maximum Gasteiger partial charge on any atom is 0.191 e. The number of guanidine groups is 1. The van der Waals surface area contributed by atoms with Gasteiger partial charge in [0.2, 0.25) is 0 Å². The summed E-state index contributed by atoms with van der Waals surface area (Å²) in [5.41, 5.74) is 3.50. The first-order chi connectivity index (χ1) is 11.5. The van der Waals surface area contributed by atoms with Gasteiger partial charge >= 0.3 is 0 Å². The van der Waals surface area contributed by atoms with E-state index in [4.69, 9.17) is 4.99 Å². The molecular weight excluding hydrogens is 427 g/mol. The average molecular weight is 462 g/mol. The first kappa shape index (κ1) is 22.2. The van der Waals surface area contributed by atoms with Crippen LogP contribution < -0.4 is 10.6 Å². The molecule has 0 atom stereocenters. The number of hydrogen-bond donors (Lipinski definition) is 2. The van der Waals surface area contributed by atoms with Gasteiger partial charge < -0.3 is 15.5 Å². The normalized spacial score (nSPS) is 16.6. The maximum atomic E-state index is 4.80. The van der Waals surface area contributed by atoms with E-state index in [9.17, 15) is 0 Å². The van der Waals surface area contributed by atoms with Crippen LogP contribution in [-0.2, 0) is 13.6 Å². The predicted molar refractivity (Wildman–Crippen MR) is 116 cm³/mol. The number of piperidine rings is 1. The highest BCUT2D eigenvalue weighted by Crippen LogP contribution is 2.13. The van der Waals surface area contributed by atoms with E-state index in [1.807, 2.05) is 11.7 Å². The molecule has 1 aliphatic heterocycles. The number of nitrogens with one attached hydrogen (secondary N) is 2. The minimum atomic E-state index is 0. The molecule has 2 rings (SSSR count). The Kier molecular flexibility index (Phi) is 9.78. The van der Waals surface area contributed by atoms with Gasteiger partial charge in [0.25, 0.3) is 0 Å². The molecule has 0 aromatic carbocycles. The van der Waals surface area contributed by atoms with Crippen LogP contribution in [0.25, 0.3) is 0 Å².